The fourth-order valence-corrected chi connectivity index (χ4v) is 3.37. The van der Waals surface area contributed by atoms with Crippen molar-refractivity contribution >= 4 is 22.5 Å². The highest BCUT2D eigenvalue weighted by Crippen LogP contribution is 2.28. The molecule has 6 heteroatoms. The van der Waals surface area contributed by atoms with Crippen LogP contribution in [0.25, 0.3) is 10.9 Å². The van der Waals surface area contributed by atoms with Gasteiger partial charge in [0.1, 0.15) is 5.75 Å². The van der Waals surface area contributed by atoms with E-state index >= 15 is 0 Å². The number of hydrogen-bond donors (Lipinski definition) is 0. The Morgan fingerprint density at radius 2 is 1.85 bits per heavy atom. The van der Waals surface area contributed by atoms with Gasteiger partial charge in [-0.1, -0.05) is 12.1 Å². The Morgan fingerprint density at radius 3 is 2.65 bits per heavy atom. The Labute approximate surface area is 152 Å². The highest BCUT2D eigenvalue weighted by Gasteiger charge is 2.25. The van der Waals surface area contributed by atoms with Gasteiger partial charge in [-0.15, -0.1) is 0 Å². The van der Waals surface area contributed by atoms with Gasteiger partial charge in [-0.2, -0.15) is 0 Å². The molecule has 1 aromatic carbocycles. The van der Waals surface area contributed by atoms with Gasteiger partial charge in [0.15, 0.2) is 0 Å². The monoisotopic (exact) mass is 348 g/mol. The van der Waals surface area contributed by atoms with Crippen LogP contribution in [0.1, 0.15) is 10.4 Å². The first-order valence-electron chi connectivity index (χ1n) is 8.64. The highest BCUT2D eigenvalue weighted by atomic mass is 16.5. The van der Waals surface area contributed by atoms with Crippen LogP contribution < -0.4 is 9.64 Å². The Hall–Kier alpha value is -3.15. The molecular weight excluding hydrogens is 328 g/mol. The summed E-state index contributed by atoms with van der Waals surface area (Å²) in [6, 6.07) is 11.7. The fourth-order valence-electron chi connectivity index (χ4n) is 3.37. The molecule has 0 radical (unpaired) electrons. The second-order valence-corrected chi connectivity index (χ2v) is 6.21. The van der Waals surface area contributed by atoms with Crippen molar-refractivity contribution in [2.24, 2.45) is 0 Å². The van der Waals surface area contributed by atoms with E-state index in [1.54, 1.807) is 25.7 Å². The summed E-state index contributed by atoms with van der Waals surface area (Å²) in [6.45, 7) is 2.83. The maximum Gasteiger partial charge on any atom is 0.257 e. The van der Waals surface area contributed by atoms with Crippen molar-refractivity contribution in [1.82, 2.24) is 14.9 Å². The van der Waals surface area contributed by atoms with Gasteiger partial charge in [-0.25, -0.2) is 0 Å². The van der Waals surface area contributed by atoms with Gasteiger partial charge in [-0.3, -0.25) is 14.8 Å². The van der Waals surface area contributed by atoms with E-state index in [2.05, 4.69) is 20.9 Å². The molecule has 0 N–H and O–H groups in total. The maximum absolute atomic E-state index is 13.0. The zero-order valence-corrected chi connectivity index (χ0v) is 14.6. The second kappa shape index (κ2) is 7.00. The number of ether oxygens (including phenoxy) is 1. The van der Waals surface area contributed by atoms with Gasteiger partial charge in [0.05, 0.1) is 23.9 Å². The number of para-hydroxylation sites is 2. The number of benzene rings is 1. The topological polar surface area (TPSA) is 58.6 Å². The Kier molecular flexibility index (Phi) is 4.39. The normalized spacial score (nSPS) is 14.5. The lowest BCUT2D eigenvalue weighted by molar-refractivity contribution is 0.0748. The average molecular weight is 348 g/mol. The van der Waals surface area contributed by atoms with Crippen LogP contribution in [0.2, 0.25) is 0 Å². The number of rotatable bonds is 3. The molecule has 1 aliphatic rings. The third-order valence-corrected chi connectivity index (χ3v) is 4.73. The number of hydrogen-bond acceptors (Lipinski definition) is 5. The molecule has 1 fully saturated rings. The minimum Gasteiger partial charge on any atom is -0.495 e. The molecule has 0 aliphatic carbocycles. The molecule has 2 aromatic heterocycles. The molecule has 4 rings (SSSR count). The summed E-state index contributed by atoms with van der Waals surface area (Å²) < 4.78 is 5.45. The summed E-state index contributed by atoms with van der Waals surface area (Å²) in [6.07, 6.45) is 5.06. The Balaban J connectivity index is 1.52. The first-order chi connectivity index (χ1) is 12.8. The van der Waals surface area contributed by atoms with Crippen LogP contribution in [0.3, 0.4) is 0 Å². The molecule has 3 heterocycles. The molecule has 0 bridgehead atoms. The minimum atomic E-state index is -0.0125. The van der Waals surface area contributed by atoms with Crippen molar-refractivity contribution in [2.45, 2.75) is 0 Å². The van der Waals surface area contributed by atoms with E-state index in [-0.39, 0.29) is 5.91 Å². The highest BCUT2D eigenvalue weighted by molar-refractivity contribution is 6.04. The van der Waals surface area contributed by atoms with E-state index in [9.17, 15) is 4.79 Å². The van der Waals surface area contributed by atoms with Crippen molar-refractivity contribution in [3.63, 3.8) is 0 Å². The molecule has 132 valence electrons. The summed E-state index contributed by atoms with van der Waals surface area (Å²) in [4.78, 5) is 25.7. The largest absolute Gasteiger partial charge is 0.495 e. The van der Waals surface area contributed by atoms with Crippen LogP contribution in [0, 0.1) is 0 Å². The zero-order chi connectivity index (χ0) is 17.9. The third-order valence-electron chi connectivity index (χ3n) is 4.73. The molecule has 0 unspecified atom stereocenters. The van der Waals surface area contributed by atoms with Gasteiger partial charge in [0.25, 0.3) is 5.91 Å². The number of methoxy groups -OCH3 is 1. The Bertz CT molecular complexity index is 931. The van der Waals surface area contributed by atoms with Crippen molar-refractivity contribution in [1.29, 1.82) is 0 Å². The Morgan fingerprint density at radius 1 is 1.04 bits per heavy atom. The lowest BCUT2D eigenvalue weighted by Gasteiger charge is -2.36. The van der Waals surface area contributed by atoms with Gasteiger partial charge < -0.3 is 14.5 Å². The van der Waals surface area contributed by atoms with Gasteiger partial charge in [0.2, 0.25) is 0 Å². The van der Waals surface area contributed by atoms with E-state index < -0.39 is 0 Å². The number of pyridine rings is 2. The van der Waals surface area contributed by atoms with E-state index in [0.717, 1.165) is 29.9 Å². The van der Waals surface area contributed by atoms with E-state index in [1.807, 2.05) is 35.2 Å². The number of carbonyl (C=O) groups is 1. The number of amides is 1. The molecule has 1 saturated heterocycles. The minimum absolute atomic E-state index is 0.0125. The molecule has 0 atom stereocenters. The van der Waals surface area contributed by atoms with Crippen LogP contribution in [-0.2, 0) is 0 Å². The van der Waals surface area contributed by atoms with Gasteiger partial charge in [-0.05, 0) is 24.3 Å². The molecule has 6 nitrogen and oxygen atoms in total. The van der Waals surface area contributed by atoms with Crippen molar-refractivity contribution < 1.29 is 9.53 Å². The lowest BCUT2D eigenvalue weighted by atomic mass is 10.1. The molecule has 26 heavy (non-hydrogen) atoms. The lowest BCUT2D eigenvalue weighted by Crippen LogP contribution is -2.49. The summed E-state index contributed by atoms with van der Waals surface area (Å²) in [7, 11) is 1.68. The van der Waals surface area contributed by atoms with Crippen LogP contribution >= 0.6 is 0 Å². The van der Waals surface area contributed by atoms with Crippen molar-refractivity contribution in [2.75, 3.05) is 38.2 Å². The van der Waals surface area contributed by atoms with Crippen LogP contribution in [0.4, 0.5) is 5.69 Å². The predicted molar refractivity (Wildman–Crippen MR) is 101 cm³/mol. The van der Waals surface area contributed by atoms with Crippen molar-refractivity contribution in [3.05, 3.63) is 60.6 Å². The first-order valence-corrected chi connectivity index (χ1v) is 8.64. The van der Waals surface area contributed by atoms with E-state index in [1.165, 1.54) is 0 Å². The number of aromatic nitrogens is 2. The van der Waals surface area contributed by atoms with Crippen LogP contribution in [-0.4, -0.2) is 54.1 Å². The summed E-state index contributed by atoms with van der Waals surface area (Å²) in [5, 5.41) is 0.881. The van der Waals surface area contributed by atoms with Crippen molar-refractivity contribution in [3.8, 4) is 5.75 Å². The molecule has 0 spiro atoms. The summed E-state index contributed by atoms with van der Waals surface area (Å²) in [5.74, 6) is 0.844. The number of nitrogens with zero attached hydrogens (tertiary/aromatic N) is 4. The van der Waals surface area contributed by atoms with Crippen LogP contribution in [0.5, 0.6) is 5.75 Å². The molecule has 1 amide bonds. The quantitative estimate of drug-likeness (QED) is 0.728. The van der Waals surface area contributed by atoms with Crippen LogP contribution in [0.15, 0.2) is 55.0 Å². The predicted octanol–water partition coefficient (Wildman–Crippen LogP) is 2.60. The van der Waals surface area contributed by atoms with Gasteiger partial charge >= 0.3 is 0 Å². The summed E-state index contributed by atoms with van der Waals surface area (Å²) in [5.41, 5.74) is 2.34. The fraction of sp³-hybridized carbons (Fsp3) is 0.250. The molecule has 3 aromatic rings. The smallest absolute Gasteiger partial charge is 0.257 e. The van der Waals surface area contributed by atoms with E-state index in [0.29, 0.717) is 24.2 Å². The van der Waals surface area contributed by atoms with E-state index in [4.69, 9.17) is 4.74 Å². The average Bonchev–Trinajstić information content (AvgIpc) is 2.73. The first kappa shape index (κ1) is 16.3. The van der Waals surface area contributed by atoms with Gasteiger partial charge in [0, 0.05) is 50.2 Å². The SMILES string of the molecule is COc1ccccc1N1CCN(C(=O)c2cncc3cccnc23)CC1. The zero-order valence-electron chi connectivity index (χ0n) is 14.6. The molecular formula is C20H20N4O2. The number of carbonyl (C=O) groups excluding carboxylic acids is 1. The number of piperazine rings is 1. The summed E-state index contributed by atoms with van der Waals surface area (Å²) >= 11 is 0. The standard InChI is InChI=1S/C20H20N4O2/c1-26-18-7-3-2-6-17(18)23-9-11-24(12-10-23)20(25)16-14-21-13-15-5-4-8-22-19(15)16/h2-8,13-14H,9-12H2,1H3. The molecule has 1 aliphatic heterocycles. The molecule has 0 saturated carbocycles. The third kappa shape index (κ3) is 2.94. The number of fused-ring (bicyclic) bond motifs is 1. The maximum atomic E-state index is 13.0. The number of anilines is 1. The second-order valence-electron chi connectivity index (χ2n) is 6.21.